The van der Waals surface area contributed by atoms with Crippen molar-refractivity contribution in [1.82, 2.24) is 0 Å². The maximum Gasteiger partial charge on any atom is 0.00830 e. The highest BCUT2D eigenvalue weighted by atomic mass is 32.1. The van der Waals surface area contributed by atoms with Crippen LogP contribution in [0, 0.1) is 11.8 Å². The SMILES string of the molecule is CCC(C)C1(C(C)C)CCCc2sccc21. The Balaban J connectivity index is 2.50. The molecule has 0 bridgehead atoms. The zero-order valence-corrected chi connectivity index (χ0v) is 11.9. The summed E-state index contributed by atoms with van der Waals surface area (Å²) < 4.78 is 0. The van der Waals surface area contributed by atoms with E-state index in [4.69, 9.17) is 0 Å². The molecule has 16 heavy (non-hydrogen) atoms. The first-order chi connectivity index (χ1) is 7.63. The smallest absolute Gasteiger partial charge is 0.00830 e. The molecular weight excluding hydrogens is 212 g/mol. The zero-order valence-electron chi connectivity index (χ0n) is 11.0. The minimum atomic E-state index is 0.461. The maximum absolute atomic E-state index is 2.45. The molecule has 2 atom stereocenters. The predicted molar refractivity (Wildman–Crippen MR) is 73.2 cm³/mol. The third-order valence-electron chi connectivity index (χ3n) is 4.76. The van der Waals surface area contributed by atoms with E-state index in [1.165, 1.54) is 25.7 Å². The van der Waals surface area contributed by atoms with Gasteiger partial charge >= 0.3 is 0 Å². The van der Waals surface area contributed by atoms with Crippen molar-refractivity contribution in [3.63, 3.8) is 0 Å². The molecule has 1 heteroatoms. The molecule has 0 spiro atoms. The van der Waals surface area contributed by atoms with Gasteiger partial charge in [-0.15, -0.1) is 11.3 Å². The molecule has 1 heterocycles. The minimum absolute atomic E-state index is 0.461. The minimum Gasteiger partial charge on any atom is -0.149 e. The van der Waals surface area contributed by atoms with Crippen LogP contribution in [0.3, 0.4) is 0 Å². The van der Waals surface area contributed by atoms with Crippen molar-refractivity contribution in [2.24, 2.45) is 11.8 Å². The molecule has 0 aliphatic heterocycles. The molecule has 2 rings (SSSR count). The van der Waals surface area contributed by atoms with Crippen LogP contribution >= 0.6 is 11.3 Å². The Morgan fingerprint density at radius 3 is 2.75 bits per heavy atom. The van der Waals surface area contributed by atoms with Crippen LogP contribution in [0.15, 0.2) is 11.4 Å². The molecule has 0 saturated carbocycles. The second-order valence-electron chi connectivity index (χ2n) is 5.62. The lowest BCUT2D eigenvalue weighted by atomic mass is 9.59. The van der Waals surface area contributed by atoms with Crippen LogP contribution in [0.4, 0.5) is 0 Å². The van der Waals surface area contributed by atoms with Gasteiger partial charge in [-0.1, -0.05) is 34.1 Å². The van der Waals surface area contributed by atoms with Gasteiger partial charge in [0.1, 0.15) is 0 Å². The number of hydrogen-bond donors (Lipinski definition) is 0. The van der Waals surface area contributed by atoms with E-state index in [0.717, 1.165) is 11.8 Å². The van der Waals surface area contributed by atoms with Crippen LogP contribution in [0.5, 0.6) is 0 Å². The first kappa shape index (κ1) is 12.2. The van der Waals surface area contributed by atoms with Crippen molar-refractivity contribution in [2.75, 3.05) is 0 Å². The van der Waals surface area contributed by atoms with Gasteiger partial charge in [0.05, 0.1) is 0 Å². The van der Waals surface area contributed by atoms with Crippen molar-refractivity contribution in [2.45, 2.75) is 58.8 Å². The molecule has 90 valence electrons. The largest absolute Gasteiger partial charge is 0.149 e. The summed E-state index contributed by atoms with van der Waals surface area (Å²) in [5, 5.41) is 2.30. The van der Waals surface area contributed by atoms with E-state index in [-0.39, 0.29) is 0 Å². The van der Waals surface area contributed by atoms with Crippen molar-refractivity contribution >= 4 is 11.3 Å². The summed E-state index contributed by atoms with van der Waals surface area (Å²) in [5.74, 6) is 1.57. The highest BCUT2D eigenvalue weighted by molar-refractivity contribution is 7.10. The molecule has 0 N–H and O–H groups in total. The first-order valence-electron chi connectivity index (χ1n) is 6.69. The van der Waals surface area contributed by atoms with Crippen LogP contribution in [-0.2, 0) is 11.8 Å². The van der Waals surface area contributed by atoms with E-state index in [0.29, 0.717) is 5.41 Å². The summed E-state index contributed by atoms with van der Waals surface area (Å²) in [4.78, 5) is 1.67. The predicted octanol–water partition coefficient (Wildman–Crippen LogP) is 5.02. The number of thiophene rings is 1. The molecule has 1 aliphatic rings. The van der Waals surface area contributed by atoms with E-state index in [1.807, 2.05) is 11.3 Å². The second kappa shape index (κ2) is 4.52. The van der Waals surface area contributed by atoms with E-state index in [1.54, 1.807) is 10.4 Å². The van der Waals surface area contributed by atoms with Crippen LogP contribution in [-0.4, -0.2) is 0 Å². The Morgan fingerprint density at radius 2 is 2.12 bits per heavy atom. The number of aryl methyl sites for hydroxylation is 1. The molecule has 0 amide bonds. The molecule has 0 fully saturated rings. The van der Waals surface area contributed by atoms with Gasteiger partial charge in [0.2, 0.25) is 0 Å². The topological polar surface area (TPSA) is 0 Å². The third-order valence-corrected chi connectivity index (χ3v) is 5.74. The molecule has 0 aromatic carbocycles. The third kappa shape index (κ3) is 1.64. The summed E-state index contributed by atoms with van der Waals surface area (Å²) in [6, 6.07) is 2.41. The average molecular weight is 236 g/mol. The molecule has 0 saturated heterocycles. The fourth-order valence-corrected chi connectivity index (χ4v) is 4.69. The van der Waals surface area contributed by atoms with Crippen molar-refractivity contribution in [3.8, 4) is 0 Å². The monoisotopic (exact) mass is 236 g/mol. The Hall–Kier alpha value is -0.300. The highest BCUT2D eigenvalue weighted by Crippen LogP contribution is 2.50. The van der Waals surface area contributed by atoms with Gasteiger partial charge in [0.25, 0.3) is 0 Å². The van der Waals surface area contributed by atoms with E-state index >= 15 is 0 Å². The zero-order chi connectivity index (χ0) is 11.8. The summed E-state index contributed by atoms with van der Waals surface area (Å²) in [7, 11) is 0. The van der Waals surface area contributed by atoms with Crippen LogP contribution in [0.1, 0.15) is 57.4 Å². The highest BCUT2D eigenvalue weighted by Gasteiger charge is 2.43. The van der Waals surface area contributed by atoms with Crippen molar-refractivity contribution < 1.29 is 0 Å². The van der Waals surface area contributed by atoms with Crippen LogP contribution in [0.25, 0.3) is 0 Å². The summed E-state index contributed by atoms with van der Waals surface area (Å²) >= 11 is 1.97. The van der Waals surface area contributed by atoms with Gasteiger partial charge in [-0.05, 0) is 48.1 Å². The normalized spacial score (nSPS) is 26.8. The summed E-state index contributed by atoms with van der Waals surface area (Å²) in [6.45, 7) is 9.63. The molecule has 0 nitrogen and oxygen atoms in total. The summed E-state index contributed by atoms with van der Waals surface area (Å²) in [6.07, 6.45) is 5.39. The molecule has 2 unspecified atom stereocenters. The number of rotatable bonds is 3. The molecule has 1 aromatic heterocycles. The Morgan fingerprint density at radius 1 is 1.38 bits per heavy atom. The number of hydrogen-bond acceptors (Lipinski definition) is 1. The molecular formula is C15H24S. The lowest BCUT2D eigenvalue weighted by Crippen LogP contribution is -2.41. The second-order valence-corrected chi connectivity index (χ2v) is 6.62. The van der Waals surface area contributed by atoms with Crippen LogP contribution < -0.4 is 0 Å². The fourth-order valence-electron chi connectivity index (χ4n) is 3.67. The lowest BCUT2D eigenvalue weighted by Gasteiger charge is -2.46. The van der Waals surface area contributed by atoms with E-state index in [2.05, 4.69) is 39.1 Å². The van der Waals surface area contributed by atoms with Gasteiger partial charge in [-0.2, -0.15) is 0 Å². The Kier molecular flexibility index (Phi) is 3.44. The molecule has 1 aromatic rings. The van der Waals surface area contributed by atoms with Crippen molar-refractivity contribution in [3.05, 3.63) is 21.9 Å². The quantitative estimate of drug-likeness (QED) is 0.691. The summed E-state index contributed by atoms with van der Waals surface area (Å²) in [5.41, 5.74) is 2.15. The molecule has 1 aliphatic carbocycles. The van der Waals surface area contributed by atoms with Crippen LogP contribution in [0.2, 0.25) is 0 Å². The van der Waals surface area contributed by atoms with Gasteiger partial charge in [-0.25, -0.2) is 0 Å². The van der Waals surface area contributed by atoms with Gasteiger partial charge in [0, 0.05) is 10.3 Å². The van der Waals surface area contributed by atoms with E-state index in [9.17, 15) is 0 Å². The van der Waals surface area contributed by atoms with Gasteiger partial charge < -0.3 is 0 Å². The maximum atomic E-state index is 2.45. The van der Waals surface area contributed by atoms with Gasteiger partial charge in [-0.3, -0.25) is 0 Å². The fraction of sp³-hybridized carbons (Fsp3) is 0.733. The lowest BCUT2D eigenvalue weighted by molar-refractivity contribution is 0.170. The van der Waals surface area contributed by atoms with E-state index < -0.39 is 0 Å². The Labute approximate surface area is 104 Å². The van der Waals surface area contributed by atoms with Crippen molar-refractivity contribution in [1.29, 1.82) is 0 Å². The average Bonchev–Trinajstić information content (AvgIpc) is 2.75. The number of fused-ring (bicyclic) bond motifs is 1. The first-order valence-corrected chi connectivity index (χ1v) is 7.57. The Bertz CT molecular complexity index is 350. The molecule has 0 radical (unpaired) electrons. The van der Waals surface area contributed by atoms with Gasteiger partial charge in [0.15, 0.2) is 0 Å². The standard InChI is InChI=1S/C15H24S/c1-5-12(4)15(11(2)3)9-6-7-14-13(15)8-10-16-14/h8,10-12H,5-7,9H2,1-4H3.